The van der Waals surface area contributed by atoms with E-state index in [0.29, 0.717) is 58.0 Å². The van der Waals surface area contributed by atoms with Crippen molar-refractivity contribution in [2.45, 2.75) is 24.0 Å². The lowest BCUT2D eigenvalue weighted by Gasteiger charge is -2.26. The zero-order valence-corrected chi connectivity index (χ0v) is 15.4. The Morgan fingerprint density at radius 2 is 1.73 bits per heavy atom. The molecule has 1 aromatic carbocycles. The SMILES string of the molecule is O=C(NCCC1OCCCO1)c1ccc(S(=O)(=O)N2CCOCC2)cc1. The molecule has 2 saturated heterocycles. The Morgan fingerprint density at radius 1 is 1.08 bits per heavy atom. The molecule has 0 unspecified atom stereocenters. The summed E-state index contributed by atoms with van der Waals surface area (Å²) in [4.78, 5) is 12.4. The van der Waals surface area contributed by atoms with Crippen LogP contribution in [0.15, 0.2) is 29.2 Å². The van der Waals surface area contributed by atoms with Crippen molar-refractivity contribution in [3.8, 4) is 0 Å². The second kappa shape index (κ2) is 8.92. The summed E-state index contributed by atoms with van der Waals surface area (Å²) in [6, 6.07) is 5.98. The van der Waals surface area contributed by atoms with Gasteiger partial charge in [-0.15, -0.1) is 0 Å². The van der Waals surface area contributed by atoms with Crippen LogP contribution >= 0.6 is 0 Å². The summed E-state index contributed by atoms with van der Waals surface area (Å²) < 4.78 is 42.5. The van der Waals surface area contributed by atoms with E-state index in [-0.39, 0.29) is 17.1 Å². The molecule has 2 heterocycles. The topological polar surface area (TPSA) is 94.2 Å². The molecule has 0 atom stereocenters. The molecular weight excluding hydrogens is 360 g/mol. The minimum Gasteiger partial charge on any atom is -0.379 e. The van der Waals surface area contributed by atoms with Crippen LogP contribution in [0.25, 0.3) is 0 Å². The highest BCUT2D eigenvalue weighted by Crippen LogP contribution is 2.17. The van der Waals surface area contributed by atoms with Crippen LogP contribution in [0.4, 0.5) is 0 Å². The zero-order chi connectivity index (χ0) is 18.4. The number of sulfonamides is 1. The van der Waals surface area contributed by atoms with Crippen LogP contribution in [-0.4, -0.2) is 71.0 Å². The first kappa shape index (κ1) is 19.2. The molecule has 0 radical (unpaired) electrons. The van der Waals surface area contributed by atoms with Gasteiger partial charge in [-0.2, -0.15) is 4.31 Å². The second-order valence-corrected chi connectivity index (χ2v) is 8.05. The van der Waals surface area contributed by atoms with E-state index in [4.69, 9.17) is 14.2 Å². The molecule has 9 heteroatoms. The lowest BCUT2D eigenvalue weighted by molar-refractivity contribution is -0.180. The Kier molecular flexibility index (Phi) is 6.60. The minimum atomic E-state index is -3.55. The van der Waals surface area contributed by atoms with Crippen molar-refractivity contribution in [1.82, 2.24) is 9.62 Å². The van der Waals surface area contributed by atoms with Gasteiger partial charge in [-0.05, 0) is 30.7 Å². The Bertz CT molecular complexity index is 694. The number of carbonyl (C=O) groups is 1. The summed E-state index contributed by atoms with van der Waals surface area (Å²) in [7, 11) is -3.55. The number of carbonyl (C=O) groups excluding carboxylic acids is 1. The first-order chi connectivity index (χ1) is 12.6. The van der Waals surface area contributed by atoms with Gasteiger partial charge < -0.3 is 19.5 Å². The van der Waals surface area contributed by atoms with Crippen LogP contribution < -0.4 is 5.32 Å². The highest BCUT2D eigenvalue weighted by molar-refractivity contribution is 7.89. The predicted molar refractivity (Wildman–Crippen MR) is 93.3 cm³/mol. The Labute approximate surface area is 153 Å². The predicted octanol–water partition coefficient (Wildman–Crippen LogP) is 0.590. The minimum absolute atomic E-state index is 0.181. The molecule has 0 aromatic heterocycles. The maximum absolute atomic E-state index is 12.6. The van der Waals surface area contributed by atoms with Crippen molar-refractivity contribution < 1.29 is 27.4 Å². The third kappa shape index (κ3) is 4.80. The molecule has 2 aliphatic rings. The van der Waals surface area contributed by atoms with Crippen molar-refractivity contribution >= 4 is 15.9 Å². The molecule has 144 valence electrons. The van der Waals surface area contributed by atoms with E-state index in [9.17, 15) is 13.2 Å². The molecular formula is C17H24N2O6S. The number of benzene rings is 1. The van der Waals surface area contributed by atoms with Gasteiger partial charge in [-0.1, -0.05) is 0 Å². The summed E-state index contributed by atoms with van der Waals surface area (Å²) in [5, 5.41) is 2.79. The molecule has 0 aliphatic carbocycles. The van der Waals surface area contributed by atoms with Gasteiger partial charge in [0.15, 0.2) is 6.29 Å². The maximum Gasteiger partial charge on any atom is 0.251 e. The van der Waals surface area contributed by atoms with Gasteiger partial charge in [0.05, 0.1) is 31.3 Å². The highest BCUT2D eigenvalue weighted by atomic mass is 32.2. The average Bonchev–Trinajstić information content (AvgIpc) is 2.69. The van der Waals surface area contributed by atoms with E-state index in [0.717, 1.165) is 6.42 Å². The van der Waals surface area contributed by atoms with Crippen molar-refractivity contribution in [3.63, 3.8) is 0 Å². The average molecular weight is 384 g/mol. The number of amides is 1. The number of rotatable bonds is 6. The summed E-state index contributed by atoms with van der Waals surface area (Å²) >= 11 is 0. The van der Waals surface area contributed by atoms with Crippen molar-refractivity contribution in [3.05, 3.63) is 29.8 Å². The summed E-state index contributed by atoms with van der Waals surface area (Å²) in [6.45, 7) is 3.26. The van der Waals surface area contributed by atoms with Gasteiger partial charge in [-0.3, -0.25) is 4.79 Å². The molecule has 1 N–H and O–H groups in total. The summed E-state index contributed by atoms with van der Waals surface area (Å²) in [6.07, 6.45) is 1.20. The number of hydrogen-bond acceptors (Lipinski definition) is 6. The van der Waals surface area contributed by atoms with Crippen molar-refractivity contribution in [2.24, 2.45) is 0 Å². The fourth-order valence-electron chi connectivity index (χ4n) is 2.82. The number of nitrogens with one attached hydrogen (secondary N) is 1. The van der Waals surface area contributed by atoms with E-state index in [2.05, 4.69) is 5.32 Å². The van der Waals surface area contributed by atoms with Crippen LogP contribution in [0, 0.1) is 0 Å². The molecule has 0 spiro atoms. The molecule has 3 rings (SSSR count). The monoisotopic (exact) mass is 384 g/mol. The molecule has 26 heavy (non-hydrogen) atoms. The third-order valence-electron chi connectivity index (χ3n) is 4.29. The fourth-order valence-corrected chi connectivity index (χ4v) is 4.23. The van der Waals surface area contributed by atoms with Gasteiger partial charge in [0, 0.05) is 31.6 Å². The molecule has 0 saturated carbocycles. The van der Waals surface area contributed by atoms with Gasteiger partial charge in [0.25, 0.3) is 5.91 Å². The lowest BCUT2D eigenvalue weighted by atomic mass is 10.2. The Hall–Kier alpha value is -1.52. The quantitative estimate of drug-likeness (QED) is 0.772. The van der Waals surface area contributed by atoms with Crippen molar-refractivity contribution in [2.75, 3.05) is 46.1 Å². The van der Waals surface area contributed by atoms with Gasteiger partial charge in [0.2, 0.25) is 10.0 Å². The molecule has 2 aliphatic heterocycles. The third-order valence-corrected chi connectivity index (χ3v) is 6.20. The fraction of sp³-hybridized carbons (Fsp3) is 0.588. The largest absolute Gasteiger partial charge is 0.379 e. The standard InChI is InChI=1S/C17H24N2O6S/c20-17(18-7-6-16-24-10-1-11-25-16)14-2-4-15(5-3-14)26(21,22)19-8-12-23-13-9-19/h2-5,16H,1,6-13H2,(H,18,20). The lowest BCUT2D eigenvalue weighted by Crippen LogP contribution is -2.40. The first-order valence-electron chi connectivity index (χ1n) is 8.77. The number of ether oxygens (including phenoxy) is 3. The van der Waals surface area contributed by atoms with Crippen LogP contribution in [0.5, 0.6) is 0 Å². The molecule has 1 amide bonds. The molecule has 0 bridgehead atoms. The highest BCUT2D eigenvalue weighted by Gasteiger charge is 2.26. The maximum atomic E-state index is 12.6. The smallest absolute Gasteiger partial charge is 0.251 e. The normalized spacial score (nSPS) is 20.0. The second-order valence-electron chi connectivity index (χ2n) is 6.11. The van der Waals surface area contributed by atoms with E-state index in [1.807, 2.05) is 0 Å². The van der Waals surface area contributed by atoms with Crippen LogP contribution in [0.2, 0.25) is 0 Å². The van der Waals surface area contributed by atoms with Gasteiger partial charge in [0.1, 0.15) is 0 Å². The number of morpholine rings is 1. The Morgan fingerprint density at radius 3 is 2.38 bits per heavy atom. The van der Waals surface area contributed by atoms with Crippen LogP contribution in [0.3, 0.4) is 0 Å². The first-order valence-corrected chi connectivity index (χ1v) is 10.2. The molecule has 2 fully saturated rings. The van der Waals surface area contributed by atoms with E-state index >= 15 is 0 Å². The number of hydrogen-bond donors (Lipinski definition) is 1. The van der Waals surface area contributed by atoms with Gasteiger partial charge >= 0.3 is 0 Å². The zero-order valence-electron chi connectivity index (χ0n) is 14.6. The number of nitrogens with zero attached hydrogens (tertiary/aromatic N) is 1. The van der Waals surface area contributed by atoms with E-state index in [1.165, 1.54) is 28.6 Å². The van der Waals surface area contributed by atoms with Gasteiger partial charge in [-0.25, -0.2) is 8.42 Å². The van der Waals surface area contributed by atoms with Crippen LogP contribution in [-0.2, 0) is 24.2 Å². The van der Waals surface area contributed by atoms with Crippen LogP contribution in [0.1, 0.15) is 23.2 Å². The van der Waals surface area contributed by atoms with E-state index < -0.39 is 10.0 Å². The van der Waals surface area contributed by atoms with E-state index in [1.54, 1.807) is 0 Å². The van der Waals surface area contributed by atoms with Crippen molar-refractivity contribution in [1.29, 1.82) is 0 Å². The summed E-state index contributed by atoms with van der Waals surface area (Å²) in [5.41, 5.74) is 0.413. The molecule has 1 aromatic rings. The Balaban J connectivity index is 1.53. The summed E-state index contributed by atoms with van der Waals surface area (Å²) in [5.74, 6) is -0.254. The molecule has 8 nitrogen and oxygen atoms in total.